The molecule has 14 heavy (non-hydrogen) atoms. The smallest absolute Gasteiger partial charge is 0.0626 e. The largest absolute Gasteiger partial charge is 0.394 e. The van der Waals surface area contributed by atoms with E-state index in [1.807, 2.05) is 7.05 Å². The second-order valence-electron chi connectivity index (χ2n) is 3.49. The van der Waals surface area contributed by atoms with Gasteiger partial charge < -0.3 is 10.4 Å². The lowest BCUT2D eigenvalue weighted by Gasteiger charge is -2.16. The third-order valence-electron chi connectivity index (χ3n) is 2.39. The zero-order chi connectivity index (χ0) is 10.7. The maximum absolute atomic E-state index is 9.17. The van der Waals surface area contributed by atoms with E-state index in [4.69, 9.17) is 5.11 Å². The van der Waals surface area contributed by atoms with Crippen LogP contribution in [0.1, 0.15) is 22.7 Å². The van der Waals surface area contributed by atoms with Gasteiger partial charge in [-0.25, -0.2) is 0 Å². The van der Waals surface area contributed by atoms with Gasteiger partial charge in [0.25, 0.3) is 0 Å². The zero-order valence-electron chi connectivity index (χ0n) is 8.76. The summed E-state index contributed by atoms with van der Waals surface area (Å²) in [6.45, 7) is 4.33. The minimum Gasteiger partial charge on any atom is -0.394 e. The first-order valence-corrected chi connectivity index (χ1v) is 5.72. The molecule has 3 heteroatoms. The summed E-state index contributed by atoms with van der Waals surface area (Å²) in [6.07, 6.45) is 0. The average molecular weight is 305 g/mol. The second kappa shape index (κ2) is 5.09. The molecule has 0 radical (unpaired) electrons. The minimum absolute atomic E-state index is 0.0457. The molecule has 1 aromatic rings. The number of hydrogen-bond donors (Lipinski definition) is 2. The van der Waals surface area contributed by atoms with Crippen molar-refractivity contribution >= 4 is 22.6 Å². The molecule has 1 rings (SSSR count). The summed E-state index contributed by atoms with van der Waals surface area (Å²) >= 11 is 2.35. The molecule has 0 saturated carbocycles. The number of aliphatic hydroxyl groups excluding tert-OH is 1. The zero-order valence-corrected chi connectivity index (χ0v) is 10.9. The van der Waals surface area contributed by atoms with E-state index in [1.54, 1.807) is 0 Å². The molecule has 0 saturated heterocycles. The van der Waals surface area contributed by atoms with Crippen molar-refractivity contribution in [3.8, 4) is 0 Å². The molecule has 0 amide bonds. The van der Waals surface area contributed by atoms with Gasteiger partial charge in [0, 0.05) is 3.57 Å². The number of benzene rings is 1. The predicted octanol–water partition coefficient (Wildman–Crippen LogP) is 2.16. The number of nitrogens with one attached hydrogen (secondary N) is 1. The molecule has 2 nitrogen and oxygen atoms in total. The Morgan fingerprint density at radius 3 is 2.21 bits per heavy atom. The van der Waals surface area contributed by atoms with Crippen LogP contribution >= 0.6 is 22.6 Å². The summed E-state index contributed by atoms with van der Waals surface area (Å²) in [5.74, 6) is 0. The van der Waals surface area contributed by atoms with Gasteiger partial charge >= 0.3 is 0 Å². The van der Waals surface area contributed by atoms with Gasteiger partial charge in [-0.15, -0.1) is 0 Å². The van der Waals surface area contributed by atoms with Gasteiger partial charge in [0.2, 0.25) is 0 Å². The van der Waals surface area contributed by atoms with Crippen LogP contribution in [0.3, 0.4) is 0 Å². The van der Waals surface area contributed by atoms with Crippen LogP contribution in [0.2, 0.25) is 0 Å². The van der Waals surface area contributed by atoms with Crippen molar-refractivity contribution in [2.45, 2.75) is 19.9 Å². The molecule has 0 fully saturated rings. The van der Waals surface area contributed by atoms with E-state index in [-0.39, 0.29) is 12.6 Å². The fourth-order valence-electron chi connectivity index (χ4n) is 1.54. The minimum atomic E-state index is 0.0457. The normalized spacial score (nSPS) is 12.9. The van der Waals surface area contributed by atoms with Crippen LogP contribution in [0, 0.1) is 17.4 Å². The molecule has 0 aliphatic rings. The lowest BCUT2D eigenvalue weighted by atomic mass is 10.0. The molecule has 2 N–H and O–H groups in total. The number of aryl methyl sites for hydroxylation is 2. The van der Waals surface area contributed by atoms with Gasteiger partial charge in [-0.05, 0) is 60.2 Å². The van der Waals surface area contributed by atoms with Crippen molar-refractivity contribution in [3.05, 3.63) is 32.4 Å². The Hall–Kier alpha value is -0.130. The Morgan fingerprint density at radius 1 is 1.36 bits per heavy atom. The van der Waals surface area contributed by atoms with E-state index < -0.39 is 0 Å². The van der Waals surface area contributed by atoms with E-state index in [1.165, 1.54) is 14.7 Å². The maximum Gasteiger partial charge on any atom is 0.0626 e. The lowest BCUT2D eigenvalue weighted by molar-refractivity contribution is 0.251. The Morgan fingerprint density at radius 2 is 1.86 bits per heavy atom. The van der Waals surface area contributed by atoms with Crippen LogP contribution in [-0.2, 0) is 0 Å². The Kier molecular flexibility index (Phi) is 4.34. The highest BCUT2D eigenvalue weighted by Gasteiger charge is 2.10. The molecule has 0 spiro atoms. The van der Waals surface area contributed by atoms with Gasteiger partial charge in [0.1, 0.15) is 0 Å². The molecule has 0 bridgehead atoms. The first kappa shape index (κ1) is 11.9. The van der Waals surface area contributed by atoms with Crippen molar-refractivity contribution in [1.29, 1.82) is 0 Å². The number of hydrogen-bond acceptors (Lipinski definition) is 2. The fourth-order valence-corrected chi connectivity index (χ4v) is 1.86. The molecule has 0 aliphatic carbocycles. The quantitative estimate of drug-likeness (QED) is 0.839. The van der Waals surface area contributed by atoms with Gasteiger partial charge in [0.05, 0.1) is 12.6 Å². The van der Waals surface area contributed by atoms with Crippen molar-refractivity contribution in [2.24, 2.45) is 0 Å². The predicted molar refractivity (Wildman–Crippen MR) is 67.5 cm³/mol. The Bertz CT molecular complexity index is 298. The molecule has 1 aromatic carbocycles. The second-order valence-corrected chi connectivity index (χ2v) is 4.57. The SMILES string of the molecule is CNC(CO)c1cc(C)c(I)c(C)c1. The number of rotatable bonds is 3. The van der Waals surface area contributed by atoms with E-state index >= 15 is 0 Å². The van der Waals surface area contributed by atoms with Crippen LogP contribution in [0.15, 0.2) is 12.1 Å². The number of likely N-dealkylation sites (N-methyl/N-ethyl adjacent to an activating group) is 1. The van der Waals surface area contributed by atoms with Gasteiger partial charge in [-0.1, -0.05) is 12.1 Å². The molecule has 0 heterocycles. The molecule has 1 atom stereocenters. The molecule has 78 valence electrons. The summed E-state index contributed by atoms with van der Waals surface area (Å²) in [6, 6.07) is 4.31. The molecule has 0 aromatic heterocycles. The highest BCUT2D eigenvalue weighted by molar-refractivity contribution is 14.1. The molecule has 0 aliphatic heterocycles. The summed E-state index contributed by atoms with van der Waals surface area (Å²) in [7, 11) is 1.86. The van der Waals surface area contributed by atoms with Crippen LogP contribution in [0.5, 0.6) is 0 Å². The first-order chi connectivity index (χ1) is 6.60. The van der Waals surface area contributed by atoms with Crippen molar-refractivity contribution in [2.75, 3.05) is 13.7 Å². The highest BCUT2D eigenvalue weighted by Crippen LogP contribution is 2.22. The molecular formula is C11H16INO. The summed E-state index contributed by atoms with van der Waals surface area (Å²) in [5.41, 5.74) is 3.70. The van der Waals surface area contributed by atoms with Gasteiger partial charge in [-0.3, -0.25) is 0 Å². The van der Waals surface area contributed by atoms with Gasteiger partial charge in [-0.2, -0.15) is 0 Å². The van der Waals surface area contributed by atoms with Crippen molar-refractivity contribution in [1.82, 2.24) is 5.32 Å². The summed E-state index contributed by atoms with van der Waals surface area (Å²) < 4.78 is 1.30. The van der Waals surface area contributed by atoms with Gasteiger partial charge in [0.15, 0.2) is 0 Å². The average Bonchev–Trinajstić information content (AvgIpc) is 2.16. The van der Waals surface area contributed by atoms with E-state index in [2.05, 4.69) is 53.9 Å². The number of aliphatic hydroxyl groups is 1. The number of halogens is 1. The fraction of sp³-hybridized carbons (Fsp3) is 0.455. The Labute approximate surface area is 98.9 Å². The highest BCUT2D eigenvalue weighted by atomic mass is 127. The first-order valence-electron chi connectivity index (χ1n) is 4.65. The monoisotopic (exact) mass is 305 g/mol. The van der Waals surface area contributed by atoms with Crippen LogP contribution in [0.25, 0.3) is 0 Å². The summed E-state index contributed by atoms with van der Waals surface area (Å²) in [4.78, 5) is 0. The lowest BCUT2D eigenvalue weighted by Crippen LogP contribution is -2.20. The third kappa shape index (κ3) is 2.46. The summed E-state index contributed by atoms with van der Waals surface area (Å²) in [5, 5.41) is 12.3. The third-order valence-corrected chi connectivity index (χ3v) is 4.09. The molecular weight excluding hydrogens is 289 g/mol. The van der Waals surface area contributed by atoms with Crippen LogP contribution in [-0.4, -0.2) is 18.8 Å². The van der Waals surface area contributed by atoms with E-state index in [9.17, 15) is 0 Å². The van der Waals surface area contributed by atoms with E-state index in [0.717, 1.165) is 5.56 Å². The maximum atomic E-state index is 9.17. The topological polar surface area (TPSA) is 32.3 Å². The van der Waals surface area contributed by atoms with E-state index in [0.29, 0.717) is 0 Å². The van der Waals surface area contributed by atoms with Crippen LogP contribution < -0.4 is 5.32 Å². The Balaban J connectivity index is 3.11. The molecule has 1 unspecified atom stereocenters. The van der Waals surface area contributed by atoms with Crippen molar-refractivity contribution < 1.29 is 5.11 Å². The standard InChI is InChI=1S/C11H16INO/c1-7-4-9(10(6-14)13-3)5-8(2)11(7)12/h4-5,10,13-14H,6H2,1-3H3. The van der Waals surface area contributed by atoms with Crippen LogP contribution in [0.4, 0.5) is 0 Å². The van der Waals surface area contributed by atoms with Crippen molar-refractivity contribution in [3.63, 3.8) is 0 Å².